The predicted molar refractivity (Wildman–Crippen MR) is 196 cm³/mol. The number of benzene rings is 4. The van der Waals surface area contributed by atoms with E-state index in [4.69, 9.17) is 35.4 Å². The summed E-state index contributed by atoms with van der Waals surface area (Å²) in [5, 5.41) is 18.9. The fourth-order valence-corrected chi connectivity index (χ4v) is 6.12. The second kappa shape index (κ2) is 16.2. The van der Waals surface area contributed by atoms with Crippen molar-refractivity contribution < 1.29 is 9.72 Å². The third-order valence-electron chi connectivity index (χ3n) is 8.41. The molecule has 4 aromatic carbocycles. The molecule has 0 fully saturated rings. The SMILES string of the molecule is CC[C@H](C)CCNN(C(=O)C(Cc1cccc(Cl)c1Cl)c1cncn1Cc1ccc([N+](=O)[O-])cc1)C(=S)Nc1cccc2ccccc12. The van der Waals surface area contributed by atoms with Gasteiger partial charge in [-0.1, -0.05) is 104 Å². The number of carbonyl (C=O) groups is 1. The van der Waals surface area contributed by atoms with Gasteiger partial charge in [-0.25, -0.2) is 15.4 Å². The van der Waals surface area contributed by atoms with Crippen LogP contribution >= 0.6 is 35.4 Å². The highest BCUT2D eigenvalue weighted by Crippen LogP contribution is 2.32. The lowest BCUT2D eigenvalue weighted by molar-refractivity contribution is -0.384. The molecular weight excluding hydrogens is 667 g/mol. The van der Waals surface area contributed by atoms with Crippen LogP contribution in [0.3, 0.4) is 0 Å². The third kappa shape index (κ3) is 8.38. The number of fused-ring (bicyclic) bond motifs is 1. The lowest BCUT2D eigenvalue weighted by Crippen LogP contribution is -2.51. The van der Waals surface area contributed by atoms with E-state index >= 15 is 0 Å². The van der Waals surface area contributed by atoms with Crippen molar-refractivity contribution in [3.05, 3.63) is 134 Å². The number of thiocarbonyl (C=S) groups is 1. The van der Waals surface area contributed by atoms with Crippen LogP contribution in [0.15, 0.2) is 97.5 Å². The number of hydrogen-bond donors (Lipinski definition) is 2. The van der Waals surface area contributed by atoms with E-state index in [1.807, 2.05) is 53.1 Å². The Morgan fingerprint density at radius 3 is 2.52 bits per heavy atom. The number of hydrazine groups is 1. The van der Waals surface area contributed by atoms with E-state index in [2.05, 4.69) is 29.6 Å². The molecule has 0 spiro atoms. The number of aromatic nitrogens is 2. The minimum absolute atomic E-state index is 0.000397. The molecule has 1 amide bonds. The predicted octanol–water partition coefficient (Wildman–Crippen LogP) is 8.79. The highest BCUT2D eigenvalue weighted by atomic mass is 35.5. The van der Waals surface area contributed by atoms with Crippen LogP contribution in [0.2, 0.25) is 10.0 Å². The van der Waals surface area contributed by atoms with Gasteiger partial charge in [-0.05, 0) is 59.6 Å². The van der Waals surface area contributed by atoms with Gasteiger partial charge in [0.25, 0.3) is 11.6 Å². The summed E-state index contributed by atoms with van der Waals surface area (Å²) in [5.74, 6) is -0.651. The topological polar surface area (TPSA) is 105 Å². The molecule has 48 heavy (non-hydrogen) atoms. The number of nitrogens with zero attached hydrogens (tertiary/aromatic N) is 4. The van der Waals surface area contributed by atoms with Gasteiger partial charge in [-0.15, -0.1) is 0 Å². The number of nitrogens with one attached hydrogen (secondary N) is 2. The van der Waals surface area contributed by atoms with Gasteiger partial charge in [-0.2, -0.15) is 0 Å². The Morgan fingerprint density at radius 1 is 1.04 bits per heavy atom. The van der Waals surface area contributed by atoms with Crippen molar-refractivity contribution in [3.8, 4) is 0 Å². The highest BCUT2D eigenvalue weighted by Gasteiger charge is 2.32. The molecule has 2 N–H and O–H groups in total. The fraction of sp³-hybridized carbons (Fsp3) is 0.250. The third-order valence-corrected chi connectivity index (χ3v) is 9.56. The summed E-state index contributed by atoms with van der Waals surface area (Å²) in [7, 11) is 0. The van der Waals surface area contributed by atoms with E-state index in [1.165, 1.54) is 17.1 Å². The van der Waals surface area contributed by atoms with Crippen molar-refractivity contribution >= 4 is 68.6 Å². The summed E-state index contributed by atoms with van der Waals surface area (Å²) in [5.41, 5.74) is 6.22. The van der Waals surface area contributed by atoms with Gasteiger partial charge < -0.3 is 9.88 Å². The van der Waals surface area contributed by atoms with Gasteiger partial charge in [0.05, 0.1) is 32.9 Å². The van der Waals surface area contributed by atoms with Gasteiger partial charge in [0.2, 0.25) is 0 Å². The average molecular weight is 704 g/mol. The van der Waals surface area contributed by atoms with E-state index in [1.54, 1.807) is 36.8 Å². The summed E-state index contributed by atoms with van der Waals surface area (Å²) in [6.45, 7) is 5.16. The number of halogens is 2. The zero-order chi connectivity index (χ0) is 34.2. The Hall–Kier alpha value is -4.35. The molecule has 9 nitrogen and oxygen atoms in total. The van der Waals surface area contributed by atoms with Crippen molar-refractivity contribution in [1.82, 2.24) is 20.0 Å². The minimum Gasteiger partial charge on any atom is -0.331 e. The standard InChI is InChI=1S/C36H36Cl2N6O3S/c1-3-24(2)18-19-40-43(36(48)41-32-13-7-9-26-8-4-5-11-29(26)32)35(45)30(20-27-10-6-12-31(37)34(27)38)33-21-39-23-42(33)22-25-14-16-28(17-15-25)44(46)47/h4-17,21,23-24,30,40H,3,18-20,22H2,1-2H3,(H,41,48)/t24-,30?/m0/s1. The lowest BCUT2D eigenvalue weighted by Gasteiger charge is -2.30. The Morgan fingerprint density at radius 2 is 1.77 bits per heavy atom. The largest absolute Gasteiger partial charge is 0.331 e. The van der Waals surface area contributed by atoms with Crippen molar-refractivity contribution in [2.75, 3.05) is 11.9 Å². The first-order chi connectivity index (χ1) is 23.2. The van der Waals surface area contributed by atoms with E-state index in [9.17, 15) is 14.9 Å². The molecule has 0 bridgehead atoms. The summed E-state index contributed by atoms with van der Waals surface area (Å²) >= 11 is 19.0. The summed E-state index contributed by atoms with van der Waals surface area (Å²) < 4.78 is 1.86. The summed E-state index contributed by atoms with van der Waals surface area (Å²) in [4.78, 5) is 30.0. The van der Waals surface area contributed by atoms with Crippen molar-refractivity contribution in [1.29, 1.82) is 0 Å². The van der Waals surface area contributed by atoms with Crippen LogP contribution in [0.25, 0.3) is 10.8 Å². The molecule has 0 aliphatic carbocycles. The lowest BCUT2D eigenvalue weighted by atomic mass is 9.95. The molecule has 1 unspecified atom stereocenters. The van der Waals surface area contributed by atoms with Crippen LogP contribution in [-0.4, -0.2) is 37.0 Å². The van der Waals surface area contributed by atoms with E-state index in [-0.39, 0.29) is 23.1 Å². The first kappa shape index (κ1) is 35.0. The number of carbonyl (C=O) groups excluding carboxylic acids is 1. The minimum atomic E-state index is -0.787. The Kier molecular flexibility index (Phi) is 11.8. The summed E-state index contributed by atoms with van der Waals surface area (Å²) in [6.07, 6.45) is 5.35. The average Bonchev–Trinajstić information content (AvgIpc) is 3.54. The van der Waals surface area contributed by atoms with Crippen LogP contribution in [0.4, 0.5) is 11.4 Å². The smallest absolute Gasteiger partial charge is 0.269 e. The number of anilines is 1. The van der Waals surface area contributed by atoms with Gasteiger partial charge in [0, 0.05) is 42.5 Å². The van der Waals surface area contributed by atoms with Crippen LogP contribution in [0.5, 0.6) is 0 Å². The molecule has 0 saturated carbocycles. The van der Waals surface area contributed by atoms with Crippen LogP contribution < -0.4 is 10.7 Å². The van der Waals surface area contributed by atoms with Crippen molar-refractivity contribution in [2.24, 2.45) is 5.92 Å². The second-order valence-electron chi connectivity index (χ2n) is 11.7. The van der Waals surface area contributed by atoms with Gasteiger partial charge in [-0.3, -0.25) is 14.9 Å². The van der Waals surface area contributed by atoms with Crippen molar-refractivity contribution in [3.63, 3.8) is 0 Å². The molecule has 12 heteroatoms. The molecule has 2 atom stereocenters. The fourth-order valence-electron chi connectivity index (χ4n) is 5.46. The first-order valence-electron chi connectivity index (χ1n) is 15.7. The molecule has 1 aromatic heterocycles. The quantitative estimate of drug-likeness (QED) is 0.0718. The maximum absolute atomic E-state index is 14.9. The van der Waals surface area contributed by atoms with E-state index < -0.39 is 10.8 Å². The van der Waals surface area contributed by atoms with Gasteiger partial charge >= 0.3 is 0 Å². The van der Waals surface area contributed by atoms with Gasteiger partial charge in [0.1, 0.15) is 0 Å². The Bertz CT molecular complexity index is 1910. The molecule has 5 rings (SSSR count). The molecule has 0 aliphatic heterocycles. The molecule has 248 valence electrons. The first-order valence-corrected chi connectivity index (χ1v) is 16.8. The molecule has 5 aromatic rings. The normalized spacial score (nSPS) is 12.4. The number of imidazole rings is 1. The monoisotopic (exact) mass is 702 g/mol. The Balaban J connectivity index is 1.52. The van der Waals surface area contributed by atoms with Gasteiger partial charge in [0.15, 0.2) is 5.11 Å². The second-order valence-corrected chi connectivity index (χ2v) is 12.9. The molecule has 0 saturated heterocycles. The van der Waals surface area contributed by atoms with E-state index in [0.717, 1.165) is 34.9 Å². The number of rotatable bonds is 13. The highest BCUT2D eigenvalue weighted by molar-refractivity contribution is 7.80. The zero-order valence-electron chi connectivity index (χ0n) is 26.6. The van der Waals surface area contributed by atoms with Crippen LogP contribution in [0, 0.1) is 16.0 Å². The molecular formula is C36H36Cl2N6O3S. The number of hydrogen-bond acceptors (Lipinski definition) is 6. The van der Waals surface area contributed by atoms with Crippen molar-refractivity contribution in [2.45, 2.75) is 45.6 Å². The van der Waals surface area contributed by atoms with E-state index in [0.29, 0.717) is 40.3 Å². The number of amides is 1. The molecule has 1 heterocycles. The number of non-ortho nitro benzene ring substituents is 1. The number of nitro groups is 1. The zero-order valence-corrected chi connectivity index (χ0v) is 28.9. The van der Waals surface area contributed by atoms with Crippen LogP contribution in [0.1, 0.15) is 49.4 Å². The Labute approximate surface area is 295 Å². The maximum atomic E-state index is 14.9. The maximum Gasteiger partial charge on any atom is 0.269 e. The summed E-state index contributed by atoms with van der Waals surface area (Å²) in [6, 6.07) is 25.5. The molecule has 0 aliphatic rings. The molecule has 0 radical (unpaired) electrons. The van der Waals surface area contributed by atoms with Crippen LogP contribution in [-0.2, 0) is 17.8 Å². The number of nitro benzene ring substituents is 1.